The lowest BCUT2D eigenvalue weighted by Crippen LogP contribution is -2.22. The van der Waals surface area contributed by atoms with Crippen LogP contribution in [0.25, 0.3) is 0 Å². The number of thiophene rings is 1. The fraction of sp³-hybridized carbons (Fsp3) is 0.182. The number of halogens is 3. The van der Waals surface area contributed by atoms with E-state index in [1.807, 2.05) is 16.8 Å². The van der Waals surface area contributed by atoms with E-state index in [4.69, 9.17) is 0 Å². The molecule has 0 N–H and O–H groups in total. The van der Waals surface area contributed by atoms with Crippen molar-refractivity contribution in [3.8, 4) is 0 Å². The summed E-state index contributed by atoms with van der Waals surface area (Å²) in [7, 11) is 0. The van der Waals surface area contributed by atoms with E-state index < -0.39 is 12.0 Å². The average Bonchev–Trinajstić information content (AvgIpc) is 2.87. The van der Waals surface area contributed by atoms with Gasteiger partial charge >= 0.3 is 6.18 Å². The summed E-state index contributed by atoms with van der Waals surface area (Å²) >= 11 is 1.52. The van der Waals surface area contributed by atoms with Crippen LogP contribution in [0.5, 0.6) is 0 Å². The molecule has 2 aromatic heterocycles. The third kappa shape index (κ3) is 2.76. The van der Waals surface area contributed by atoms with Crippen LogP contribution in [0.2, 0.25) is 0 Å². The van der Waals surface area contributed by atoms with Crippen molar-refractivity contribution >= 4 is 17.1 Å². The molecule has 0 unspecified atom stereocenters. The molecule has 0 saturated carbocycles. The van der Waals surface area contributed by atoms with Crippen molar-refractivity contribution in [2.45, 2.75) is 12.7 Å². The topological polar surface area (TPSA) is 22.0 Å². The normalized spacial score (nSPS) is 11.7. The van der Waals surface area contributed by atoms with Crippen molar-refractivity contribution < 1.29 is 18.0 Å². The molecule has 0 aliphatic rings. The van der Waals surface area contributed by atoms with Crippen LogP contribution >= 0.6 is 11.3 Å². The molecule has 2 nitrogen and oxygen atoms in total. The highest BCUT2D eigenvalue weighted by Gasteiger charge is 2.39. The predicted molar refractivity (Wildman–Crippen MR) is 58.2 cm³/mol. The van der Waals surface area contributed by atoms with Gasteiger partial charge in [-0.3, -0.25) is 4.79 Å². The van der Waals surface area contributed by atoms with E-state index in [-0.39, 0.29) is 5.56 Å². The zero-order valence-corrected chi connectivity index (χ0v) is 9.39. The molecule has 6 heteroatoms. The molecule has 0 atom stereocenters. The minimum Gasteiger partial charge on any atom is -0.349 e. The summed E-state index contributed by atoms with van der Waals surface area (Å²) in [6.45, 7) is 0.467. The second-order valence-electron chi connectivity index (χ2n) is 3.53. The Morgan fingerprint density at radius 3 is 2.71 bits per heavy atom. The van der Waals surface area contributed by atoms with E-state index >= 15 is 0 Å². The number of hydrogen-bond acceptors (Lipinski definition) is 2. The van der Waals surface area contributed by atoms with Gasteiger partial charge in [-0.05, 0) is 28.5 Å². The molecule has 0 spiro atoms. The van der Waals surface area contributed by atoms with Gasteiger partial charge in [-0.1, -0.05) is 0 Å². The standard InChI is InChI=1S/C11H8F3NOS/c12-11(13,14)10(16)9-1-3-15(6-9)5-8-2-4-17-7-8/h1-4,6-7H,5H2. The second-order valence-corrected chi connectivity index (χ2v) is 4.31. The van der Waals surface area contributed by atoms with Gasteiger partial charge in [0, 0.05) is 24.5 Å². The quantitative estimate of drug-likeness (QED) is 0.775. The monoisotopic (exact) mass is 259 g/mol. The summed E-state index contributed by atoms with van der Waals surface area (Å²) in [5.41, 5.74) is 0.671. The van der Waals surface area contributed by atoms with Crippen molar-refractivity contribution in [2.24, 2.45) is 0 Å². The van der Waals surface area contributed by atoms with Crippen LogP contribution in [-0.2, 0) is 6.54 Å². The first kappa shape index (κ1) is 11.9. The molecule has 0 aromatic carbocycles. The van der Waals surface area contributed by atoms with Crippen LogP contribution in [0.3, 0.4) is 0 Å². The lowest BCUT2D eigenvalue weighted by molar-refractivity contribution is -0.0885. The Hall–Kier alpha value is -1.56. The summed E-state index contributed by atoms with van der Waals surface area (Å²) in [6, 6.07) is 3.07. The first-order chi connectivity index (χ1) is 7.97. The third-order valence-electron chi connectivity index (χ3n) is 2.22. The Balaban J connectivity index is 2.14. The average molecular weight is 259 g/mol. The number of alkyl halides is 3. The second kappa shape index (κ2) is 4.37. The lowest BCUT2D eigenvalue weighted by Gasteiger charge is -2.02. The van der Waals surface area contributed by atoms with Gasteiger partial charge in [0.2, 0.25) is 0 Å². The summed E-state index contributed by atoms with van der Waals surface area (Å²) in [5, 5.41) is 3.80. The molecule has 0 saturated heterocycles. The number of carbonyl (C=O) groups excluding carboxylic acids is 1. The molecular formula is C11H8F3NOS. The summed E-state index contributed by atoms with van der Waals surface area (Å²) in [4.78, 5) is 10.9. The summed E-state index contributed by atoms with van der Waals surface area (Å²) in [6.07, 6.45) is -2.13. The van der Waals surface area contributed by atoms with Gasteiger partial charge in [-0.2, -0.15) is 24.5 Å². The van der Waals surface area contributed by atoms with Crippen LogP contribution in [-0.4, -0.2) is 16.5 Å². The number of aromatic nitrogens is 1. The molecule has 0 radical (unpaired) electrons. The van der Waals surface area contributed by atoms with E-state index in [9.17, 15) is 18.0 Å². The summed E-state index contributed by atoms with van der Waals surface area (Å²) < 4.78 is 38.0. The van der Waals surface area contributed by atoms with Crippen molar-refractivity contribution in [1.29, 1.82) is 0 Å². The molecule has 17 heavy (non-hydrogen) atoms. The highest BCUT2D eigenvalue weighted by molar-refractivity contribution is 7.07. The Labute approximate surface area is 99.3 Å². The number of hydrogen-bond donors (Lipinski definition) is 0. The number of Topliss-reactive ketones (excluding diaryl/α,β-unsaturated/α-hetero) is 1. The van der Waals surface area contributed by atoms with E-state index in [2.05, 4.69) is 0 Å². The largest absolute Gasteiger partial charge is 0.454 e. The maximum absolute atomic E-state index is 12.2. The van der Waals surface area contributed by atoms with Crippen molar-refractivity contribution in [3.05, 3.63) is 46.4 Å². The highest BCUT2D eigenvalue weighted by atomic mass is 32.1. The minimum atomic E-state index is -4.81. The van der Waals surface area contributed by atoms with E-state index in [1.54, 1.807) is 4.57 Å². The van der Waals surface area contributed by atoms with Crippen LogP contribution in [0.15, 0.2) is 35.3 Å². The SMILES string of the molecule is O=C(c1ccn(Cc2ccsc2)c1)C(F)(F)F. The zero-order valence-electron chi connectivity index (χ0n) is 8.57. The van der Waals surface area contributed by atoms with Gasteiger partial charge in [0.1, 0.15) is 0 Å². The maximum atomic E-state index is 12.2. The molecular weight excluding hydrogens is 251 g/mol. The molecule has 2 rings (SSSR count). The molecule has 0 bridgehead atoms. The minimum absolute atomic E-state index is 0.326. The van der Waals surface area contributed by atoms with E-state index in [1.165, 1.54) is 29.8 Å². The molecule has 0 aliphatic heterocycles. The number of carbonyl (C=O) groups is 1. The van der Waals surface area contributed by atoms with Gasteiger partial charge < -0.3 is 4.57 Å². The number of ketones is 1. The molecule has 0 amide bonds. The number of rotatable bonds is 3. The first-order valence-corrected chi connectivity index (χ1v) is 5.69. The van der Waals surface area contributed by atoms with Crippen LogP contribution in [0, 0.1) is 0 Å². The lowest BCUT2D eigenvalue weighted by atomic mass is 10.2. The molecule has 0 fully saturated rings. The Morgan fingerprint density at radius 2 is 2.12 bits per heavy atom. The van der Waals surface area contributed by atoms with Gasteiger partial charge in [-0.15, -0.1) is 0 Å². The fourth-order valence-electron chi connectivity index (χ4n) is 1.43. The zero-order chi connectivity index (χ0) is 12.5. The van der Waals surface area contributed by atoms with Gasteiger partial charge in [0.25, 0.3) is 5.78 Å². The van der Waals surface area contributed by atoms with Gasteiger partial charge in [0.05, 0.1) is 0 Å². The highest BCUT2D eigenvalue weighted by Crippen LogP contribution is 2.21. The van der Waals surface area contributed by atoms with E-state index in [0.29, 0.717) is 6.54 Å². The predicted octanol–water partition coefficient (Wildman–Crippen LogP) is 3.34. The molecule has 0 aliphatic carbocycles. The Bertz CT molecular complexity index is 513. The molecule has 90 valence electrons. The smallest absolute Gasteiger partial charge is 0.349 e. The molecule has 2 heterocycles. The van der Waals surface area contributed by atoms with Crippen LogP contribution in [0.4, 0.5) is 13.2 Å². The van der Waals surface area contributed by atoms with Crippen molar-refractivity contribution in [3.63, 3.8) is 0 Å². The summed E-state index contributed by atoms with van der Waals surface area (Å²) in [5.74, 6) is -1.80. The first-order valence-electron chi connectivity index (χ1n) is 4.75. The van der Waals surface area contributed by atoms with Crippen molar-refractivity contribution in [2.75, 3.05) is 0 Å². The van der Waals surface area contributed by atoms with Crippen molar-refractivity contribution in [1.82, 2.24) is 4.57 Å². The van der Waals surface area contributed by atoms with E-state index in [0.717, 1.165) is 5.56 Å². The third-order valence-corrected chi connectivity index (χ3v) is 2.95. The number of nitrogens with zero attached hydrogens (tertiary/aromatic N) is 1. The van der Waals surface area contributed by atoms with Gasteiger partial charge in [-0.25, -0.2) is 0 Å². The molecule has 2 aromatic rings. The van der Waals surface area contributed by atoms with Gasteiger partial charge in [0.15, 0.2) is 0 Å². The Morgan fingerprint density at radius 1 is 1.35 bits per heavy atom. The maximum Gasteiger partial charge on any atom is 0.454 e. The van der Waals surface area contributed by atoms with Crippen LogP contribution in [0.1, 0.15) is 15.9 Å². The Kier molecular flexibility index (Phi) is 3.06. The van der Waals surface area contributed by atoms with Crippen LogP contribution < -0.4 is 0 Å². The fourth-order valence-corrected chi connectivity index (χ4v) is 2.09.